The molecule has 0 aliphatic rings. The molecule has 0 radical (unpaired) electrons. The highest BCUT2D eigenvalue weighted by Gasteiger charge is 2.03. The van der Waals surface area contributed by atoms with Gasteiger partial charge in [0.25, 0.3) is 0 Å². The van der Waals surface area contributed by atoms with Gasteiger partial charge in [0.15, 0.2) is 0 Å². The van der Waals surface area contributed by atoms with Gasteiger partial charge in [-0.15, -0.1) is 0 Å². The molecular weight excluding hydrogens is 276 g/mol. The molecule has 0 bridgehead atoms. The average molecular weight is 281 g/mol. The second kappa shape index (κ2) is 3.93. The fraction of sp³-hybridized carbons (Fsp3) is 0.333. The van der Waals surface area contributed by atoms with Gasteiger partial charge in [-0.25, -0.2) is 0 Å². The van der Waals surface area contributed by atoms with Gasteiger partial charge in [0.2, 0.25) is 0 Å². The zero-order valence-electron chi connectivity index (χ0n) is 5.59. The van der Waals surface area contributed by atoms with Gasteiger partial charge in [-0.2, -0.15) is 10.4 Å². The van der Waals surface area contributed by atoms with Crippen molar-refractivity contribution in [2.45, 2.75) is 13.0 Å². The molecule has 1 aromatic rings. The third-order valence-electron chi connectivity index (χ3n) is 1.17. The topological polar surface area (TPSA) is 41.6 Å². The highest BCUT2D eigenvalue weighted by molar-refractivity contribution is 14.1. The molecule has 5 heteroatoms. The first-order chi connectivity index (χ1) is 5.25. The maximum atomic E-state index is 8.29. The highest BCUT2D eigenvalue weighted by atomic mass is 127. The van der Waals surface area contributed by atoms with Crippen molar-refractivity contribution in [2.24, 2.45) is 0 Å². The third-order valence-corrected chi connectivity index (χ3v) is 2.68. The lowest BCUT2D eigenvalue weighted by Crippen LogP contribution is -1.98. The molecule has 1 rings (SSSR count). The molecule has 0 saturated heterocycles. The fourth-order valence-electron chi connectivity index (χ4n) is 0.659. The number of nitriles is 1. The summed E-state index contributed by atoms with van der Waals surface area (Å²) in [5.41, 5.74) is 0. The number of aromatic nitrogens is 2. The molecule has 1 heterocycles. The number of halogens is 2. The van der Waals surface area contributed by atoms with Gasteiger partial charge in [-0.1, -0.05) is 11.6 Å². The first kappa shape index (κ1) is 8.81. The standard InChI is InChI=1S/C6H5ClIN3/c7-6-5(8)4-10-11(6)3-1-2-9/h4H,1,3H2. The molecule has 0 unspecified atom stereocenters. The molecule has 0 atom stereocenters. The molecular formula is C6H5ClIN3. The predicted molar refractivity (Wildman–Crippen MR) is 50.2 cm³/mol. The lowest BCUT2D eigenvalue weighted by atomic mass is 10.5. The summed E-state index contributed by atoms with van der Waals surface area (Å²) in [5.74, 6) is 0. The van der Waals surface area contributed by atoms with Crippen LogP contribution in [0.1, 0.15) is 6.42 Å². The molecule has 0 N–H and O–H groups in total. The number of hydrogen-bond donors (Lipinski definition) is 0. The van der Waals surface area contributed by atoms with Gasteiger partial charge < -0.3 is 0 Å². The summed E-state index contributed by atoms with van der Waals surface area (Å²) in [6.07, 6.45) is 2.12. The Bertz CT molecular complexity index is 289. The van der Waals surface area contributed by atoms with E-state index < -0.39 is 0 Å². The Labute approximate surface area is 83.1 Å². The van der Waals surface area contributed by atoms with Crippen molar-refractivity contribution >= 4 is 34.2 Å². The summed E-state index contributed by atoms with van der Waals surface area (Å²) in [7, 11) is 0. The van der Waals surface area contributed by atoms with Gasteiger partial charge in [0, 0.05) is 0 Å². The predicted octanol–water partition coefficient (Wildman–Crippen LogP) is 2.05. The Balaban J connectivity index is 2.72. The molecule has 58 valence electrons. The van der Waals surface area contributed by atoms with Crippen LogP contribution in [0.25, 0.3) is 0 Å². The molecule has 0 fully saturated rings. The minimum atomic E-state index is 0.442. The van der Waals surface area contributed by atoms with Crippen molar-refractivity contribution < 1.29 is 0 Å². The van der Waals surface area contributed by atoms with Gasteiger partial charge in [-0.05, 0) is 22.6 Å². The minimum absolute atomic E-state index is 0.442. The van der Waals surface area contributed by atoms with Crippen LogP contribution in [0.5, 0.6) is 0 Å². The van der Waals surface area contributed by atoms with E-state index in [4.69, 9.17) is 16.9 Å². The Morgan fingerprint density at radius 2 is 2.55 bits per heavy atom. The Kier molecular flexibility index (Phi) is 3.15. The van der Waals surface area contributed by atoms with E-state index in [2.05, 4.69) is 27.7 Å². The lowest BCUT2D eigenvalue weighted by molar-refractivity contribution is 0.628. The van der Waals surface area contributed by atoms with Crippen LogP contribution in [0, 0.1) is 14.9 Å². The van der Waals surface area contributed by atoms with Crippen LogP contribution in [0.4, 0.5) is 0 Å². The molecule has 0 aliphatic heterocycles. The largest absolute Gasteiger partial charge is 0.252 e. The smallest absolute Gasteiger partial charge is 0.140 e. The van der Waals surface area contributed by atoms with Crippen LogP contribution in [0.2, 0.25) is 5.15 Å². The minimum Gasteiger partial charge on any atom is -0.252 e. The van der Waals surface area contributed by atoms with Gasteiger partial charge in [0.1, 0.15) is 5.15 Å². The van der Waals surface area contributed by atoms with E-state index in [1.54, 1.807) is 10.9 Å². The maximum absolute atomic E-state index is 8.29. The zero-order chi connectivity index (χ0) is 8.27. The van der Waals surface area contributed by atoms with Crippen molar-refractivity contribution in [1.82, 2.24) is 9.78 Å². The molecule has 0 spiro atoms. The zero-order valence-corrected chi connectivity index (χ0v) is 8.50. The van der Waals surface area contributed by atoms with Crippen LogP contribution in [0.3, 0.4) is 0 Å². The number of hydrogen-bond acceptors (Lipinski definition) is 2. The Morgan fingerprint density at radius 3 is 3.00 bits per heavy atom. The molecule has 1 aromatic heterocycles. The average Bonchev–Trinajstić information content (AvgIpc) is 2.31. The van der Waals surface area contributed by atoms with Crippen molar-refractivity contribution in [1.29, 1.82) is 5.26 Å². The summed E-state index contributed by atoms with van der Waals surface area (Å²) in [6, 6.07) is 2.03. The molecule has 0 amide bonds. The molecule has 11 heavy (non-hydrogen) atoms. The lowest BCUT2D eigenvalue weighted by Gasteiger charge is -1.96. The van der Waals surface area contributed by atoms with Crippen LogP contribution in [-0.4, -0.2) is 9.78 Å². The molecule has 3 nitrogen and oxygen atoms in total. The second-order valence-electron chi connectivity index (χ2n) is 1.91. The van der Waals surface area contributed by atoms with Crippen LogP contribution < -0.4 is 0 Å². The maximum Gasteiger partial charge on any atom is 0.140 e. The van der Waals surface area contributed by atoms with Crippen molar-refractivity contribution in [2.75, 3.05) is 0 Å². The Morgan fingerprint density at radius 1 is 1.82 bits per heavy atom. The van der Waals surface area contributed by atoms with Crippen molar-refractivity contribution in [3.05, 3.63) is 14.9 Å². The van der Waals surface area contributed by atoms with Crippen molar-refractivity contribution in [3.8, 4) is 6.07 Å². The van der Waals surface area contributed by atoms with Gasteiger partial charge in [0.05, 0.1) is 28.8 Å². The van der Waals surface area contributed by atoms with E-state index >= 15 is 0 Å². The molecule has 0 saturated carbocycles. The normalized spacial score (nSPS) is 9.55. The summed E-state index contributed by atoms with van der Waals surface area (Å²) in [6.45, 7) is 0.568. The number of nitrogens with zero attached hydrogens (tertiary/aromatic N) is 3. The Hall–Kier alpha value is -0.280. The van der Waals surface area contributed by atoms with E-state index in [-0.39, 0.29) is 0 Å². The quantitative estimate of drug-likeness (QED) is 0.779. The van der Waals surface area contributed by atoms with E-state index in [0.717, 1.165) is 3.57 Å². The second-order valence-corrected chi connectivity index (χ2v) is 3.43. The summed E-state index contributed by atoms with van der Waals surface area (Å²) in [4.78, 5) is 0. The SMILES string of the molecule is N#CCCn1ncc(I)c1Cl. The summed E-state index contributed by atoms with van der Waals surface area (Å²) >= 11 is 7.93. The van der Waals surface area contributed by atoms with E-state index in [1.807, 2.05) is 6.07 Å². The van der Waals surface area contributed by atoms with Crippen LogP contribution in [-0.2, 0) is 6.54 Å². The highest BCUT2D eigenvalue weighted by Crippen LogP contribution is 2.16. The fourth-order valence-corrected chi connectivity index (χ4v) is 1.24. The van der Waals surface area contributed by atoms with Crippen LogP contribution >= 0.6 is 34.2 Å². The van der Waals surface area contributed by atoms with Gasteiger partial charge in [-0.3, -0.25) is 4.68 Å². The first-order valence-electron chi connectivity index (χ1n) is 2.99. The monoisotopic (exact) mass is 281 g/mol. The van der Waals surface area contributed by atoms with E-state index in [1.165, 1.54) is 0 Å². The summed E-state index contributed by atoms with van der Waals surface area (Å²) in [5, 5.41) is 12.9. The molecule has 0 aromatic carbocycles. The first-order valence-corrected chi connectivity index (χ1v) is 4.45. The van der Waals surface area contributed by atoms with Gasteiger partial charge >= 0.3 is 0 Å². The van der Waals surface area contributed by atoms with Crippen LogP contribution in [0.15, 0.2) is 6.20 Å². The van der Waals surface area contributed by atoms with Crippen molar-refractivity contribution in [3.63, 3.8) is 0 Å². The van der Waals surface area contributed by atoms with E-state index in [9.17, 15) is 0 Å². The summed E-state index contributed by atoms with van der Waals surface area (Å²) < 4.78 is 2.54. The number of rotatable bonds is 2. The third kappa shape index (κ3) is 2.07. The number of aryl methyl sites for hydroxylation is 1. The molecule has 0 aliphatic carbocycles. The van der Waals surface area contributed by atoms with E-state index in [0.29, 0.717) is 18.1 Å².